The molecule has 63 heavy (non-hydrogen) atoms. The van der Waals surface area contributed by atoms with E-state index in [4.69, 9.17) is 0 Å². The number of hydrogen-bond acceptors (Lipinski definition) is 2. The summed E-state index contributed by atoms with van der Waals surface area (Å²) in [7, 11) is 0. The van der Waals surface area contributed by atoms with Gasteiger partial charge in [0.1, 0.15) is 0 Å². The van der Waals surface area contributed by atoms with Crippen LogP contribution in [0.5, 0.6) is 0 Å². The number of hydrogen-bond donors (Lipinski definition) is 0. The van der Waals surface area contributed by atoms with Gasteiger partial charge in [-0.2, -0.15) is 0 Å². The Morgan fingerprint density at radius 2 is 1.46 bits per heavy atom. The van der Waals surface area contributed by atoms with Crippen LogP contribution in [0.2, 0.25) is 0 Å². The summed E-state index contributed by atoms with van der Waals surface area (Å²) in [6.07, 6.45) is 15.4. The molecule has 2 unspecified atom stereocenters. The fourth-order valence-electron chi connectivity index (χ4n) is 13.0. The monoisotopic (exact) mass is 835 g/mol. The van der Waals surface area contributed by atoms with Crippen LogP contribution < -0.4 is 15.3 Å². The number of nitrogens with zero attached hydrogens (tertiary/aromatic N) is 2. The minimum Gasteiger partial charge on any atom is -0.337 e. The largest absolute Gasteiger partial charge is 0.337 e. The first-order chi connectivity index (χ1) is 29.8. The van der Waals surface area contributed by atoms with E-state index in [1.54, 1.807) is 66.2 Å². The van der Waals surface area contributed by atoms with Crippen molar-refractivity contribution in [3.8, 4) is 0 Å². The molecule has 0 radical (unpaired) electrons. The summed E-state index contributed by atoms with van der Waals surface area (Å²) in [6.45, 7) is 33.7. The topological polar surface area (TPSA) is 6.48 Å². The lowest BCUT2D eigenvalue weighted by Crippen LogP contribution is -2.46. The minimum atomic E-state index is 0.0735. The van der Waals surface area contributed by atoms with Gasteiger partial charge in [-0.1, -0.05) is 117 Å². The molecule has 0 aliphatic heterocycles. The van der Waals surface area contributed by atoms with E-state index in [0.29, 0.717) is 17.9 Å². The highest BCUT2D eigenvalue weighted by molar-refractivity contribution is 6.04. The van der Waals surface area contributed by atoms with Crippen molar-refractivity contribution < 1.29 is 0 Å². The Balaban J connectivity index is 1.34. The van der Waals surface area contributed by atoms with Gasteiger partial charge in [0.2, 0.25) is 0 Å². The molecule has 0 saturated carbocycles. The summed E-state index contributed by atoms with van der Waals surface area (Å²) < 4.78 is 0. The number of benzene rings is 4. The Bertz CT molecular complexity index is 2850. The molecule has 2 atom stereocenters. The second-order valence-electron chi connectivity index (χ2n) is 23.5. The minimum absolute atomic E-state index is 0.0735. The molecule has 0 heterocycles. The zero-order valence-electron chi connectivity index (χ0n) is 41.3. The standard InChI is InChI=1S/C61H74N2/c1-35(2)50-54-46-30-29-45-49(62(56-36(3)17-15-18-37(56)4)43-25-21-41(22-26-43)59(7,8)9)33-40-31-32-61(13,14)48-34-47(52(46)53(45)51(40)48)58(55(50)54)63(57-38(5)19-16-20-39(57)6)44-27-23-42(24-28-44)60(10,11)12/h15,17-19,21-23,25-26,33-35,44,54H,16,20,24,27-32H2,1-14H3. The zero-order chi connectivity index (χ0) is 44.7. The van der Waals surface area contributed by atoms with Crippen molar-refractivity contribution >= 4 is 39.1 Å². The van der Waals surface area contributed by atoms with E-state index in [2.05, 4.69) is 173 Å². The first-order valence-electron chi connectivity index (χ1n) is 24.7. The SMILES string of the molecule is CC1=CCCC(C)=C1N(C1=c2cc3c4c(cc(N(c5ccc(C(C)(C)C)cc5)c5c(C)cccc5C)c5c4c2=C(CC5)C2C1=C2C(C)C)CCC3(C)C)C1CC=C(C(C)(C)C)CC1. The third kappa shape index (κ3) is 6.69. The molecule has 4 aromatic carbocycles. The van der Waals surface area contributed by atoms with E-state index in [1.165, 1.54) is 63.1 Å². The van der Waals surface area contributed by atoms with Gasteiger partial charge in [0, 0.05) is 28.6 Å². The van der Waals surface area contributed by atoms with Crippen molar-refractivity contribution in [3.63, 3.8) is 0 Å². The van der Waals surface area contributed by atoms with E-state index in [9.17, 15) is 0 Å². The fourth-order valence-corrected chi connectivity index (χ4v) is 13.0. The molecule has 0 spiro atoms. The van der Waals surface area contributed by atoms with Gasteiger partial charge in [-0.25, -0.2) is 0 Å². The van der Waals surface area contributed by atoms with E-state index >= 15 is 0 Å². The number of aryl methyl sites for hydroxylation is 4. The van der Waals surface area contributed by atoms with Crippen molar-refractivity contribution in [1.82, 2.24) is 4.90 Å². The van der Waals surface area contributed by atoms with Crippen molar-refractivity contribution in [1.29, 1.82) is 0 Å². The summed E-state index contributed by atoms with van der Waals surface area (Å²) in [5.74, 6) is 0.972. The predicted molar refractivity (Wildman–Crippen MR) is 271 cm³/mol. The Morgan fingerprint density at radius 3 is 2.08 bits per heavy atom. The second-order valence-corrected chi connectivity index (χ2v) is 23.5. The van der Waals surface area contributed by atoms with Crippen LogP contribution in [-0.4, -0.2) is 10.9 Å². The van der Waals surface area contributed by atoms with Crippen LogP contribution in [0.3, 0.4) is 0 Å². The lowest BCUT2D eigenvalue weighted by atomic mass is 9.68. The molecule has 6 aliphatic rings. The number of rotatable bonds is 7. The first kappa shape index (κ1) is 42.4. The third-order valence-electron chi connectivity index (χ3n) is 16.4. The molecule has 0 bridgehead atoms. The molecule has 2 heteroatoms. The number of fused-ring (bicyclic) bond motifs is 2. The van der Waals surface area contributed by atoms with Crippen LogP contribution in [0.25, 0.3) is 22.0 Å². The van der Waals surface area contributed by atoms with Gasteiger partial charge in [0.15, 0.2) is 0 Å². The van der Waals surface area contributed by atoms with E-state index < -0.39 is 0 Å². The van der Waals surface area contributed by atoms with Crippen LogP contribution in [-0.2, 0) is 23.7 Å². The van der Waals surface area contributed by atoms with E-state index in [0.717, 1.165) is 44.9 Å². The van der Waals surface area contributed by atoms with Crippen LogP contribution >= 0.6 is 0 Å². The van der Waals surface area contributed by atoms with Crippen LogP contribution in [0.4, 0.5) is 17.1 Å². The highest BCUT2D eigenvalue weighted by atomic mass is 15.2. The molecule has 0 amide bonds. The van der Waals surface area contributed by atoms with E-state index in [1.807, 2.05) is 0 Å². The molecule has 6 aliphatic carbocycles. The summed E-state index contributed by atoms with van der Waals surface area (Å²) in [5, 5.41) is 6.29. The third-order valence-corrected chi connectivity index (χ3v) is 16.4. The van der Waals surface area contributed by atoms with Gasteiger partial charge in [-0.3, -0.25) is 0 Å². The molecule has 4 aromatic rings. The average Bonchev–Trinajstić information content (AvgIpc) is 3.98. The summed E-state index contributed by atoms with van der Waals surface area (Å²) in [6, 6.07) is 22.3. The van der Waals surface area contributed by atoms with Crippen molar-refractivity contribution in [2.24, 2.45) is 17.3 Å². The molecular weight excluding hydrogens is 761 g/mol. The summed E-state index contributed by atoms with van der Waals surface area (Å²) in [5.41, 5.74) is 25.9. The second kappa shape index (κ2) is 14.7. The number of allylic oxidation sites excluding steroid dienone is 5. The van der Waals surface area contributed by atoms with Gasteiger partial charge in [0.25, 0.3) is 0 Å². The smallest absolute Gasteiger partial charge is 0.0535 e. The first-order valence-corrected chi connectivity index (χ1v) is 24.7. The van der Waals surface area contributed by atoms with E-state index in [-0.39, 0.29) is 16.2 Å². The summed E-state index contributed by atoms with van der Waals surface area (Å²) in [4.78, 5) is 5.65. The highest BCUT2D eigenvalue weighted by Gasteiger charge is 2.50. The average molecular weight is 835 g/mol. The van der Waals surface area contributed by atoms with Crippen molar-refractivity contribution in [3.05, 3.63) is 144 Å². The quantitative estimate of drug-likeness (QED) is 0.171. The molecule has 0 aromatic heterocycles. The van der Waals surface area contributed by atoms with Crippen LogP contribution in [0.1, 0.15) is 161 Å². The Kier molecular flexibility index (Phi) is 9.91. The van der Waals surface area contributed by atoms with Crippen molar-refractivity contribution in [2.45, 2.75) is 172 Å². The van der Waals surface area contributed by atoms with Crippen LogP contribution in [0, 0.1) is 31.1 Å². The molecule has 0 N–H and O–H groups in total. The Labute approximate surface area is 380 Å². The van der Waals surface area contributed by atoms with Gasteiger partial charge in [0.05, 0.1) is 17.1 Å². The van der Waals surface area contributed by atoms with Crippen molar-refractivity contribution in [2.75, 3.05) is 4.90 Å². The maximum Gasteiger partial charge on any atom is 0.0535 e. The van der Waals surface area contributed by atoms with Gasteiger partial charge in [-0.15, -0.1) is 0 Å². The zero-order valence-corrected chi connectivity index (χ0v) is 41.3. The normalized spacial score (nSPS) is 21.5. The molecule has 0 saturated heterocycles. The number of anilines is 3. The molecule has 0 fully saturated rings. The van der Waals surface area contributed by atoms with Crippen LogP contribution in [0.15, 0.2) is 100 Å². The predicted octanol–water partition coefficient (Wildman–Crippen LogP) is 15.1. The van der Waals surface area contributed by atoms with Gasteiger partial charge < -0.3 is 9.80 Å². The Morgan fingerprint density at radius 1 is 0.746 bits per heavy atom. The lowest BCUT2D eigenvalue weighted by molar-refractivity contribution is 0.311. The lowest BCUT2D eigenvalue weighted by Gasteiger charge is -2.43. The number of para-hydroxylation sites is 1. The molecule has 328 valence electrons. The molecule has 2 nitrogen and oxygen atoms in total. The molecular formula is C61H74N2. The van der Waals surface area contributed by atoms with Gasteiger partial charge in [-0.05, 0) is 209 Å². The Hall–Kier alpha value is -4.56. The van der Waals surface area contributed by atoms with Gasteiger partial charge >= 0.3 is 0 Å². The maximum atomic E-state index is 2.98. The maximum absolute atomic E-state index is 2.98. The summed E-state index contributed by atoms with van der Waals surface area (Å²) >= 11 is 0. The molecule has 10 rings (SSSR count). The highest BCUT2D eigenvalue weighted by Crippen LogP contribution is 2.59. The fraction of sp³-hybridized carbons (Fsp3) is 0.475.